The lowest BCUT2D eigenvalue weighted by Gasteiger charge is -2.41. The number of hydrogen-bond acceptors (Lipinski definition) is 12. The number of nitrogens with one attached hydrogen (secondary N) is 3. The van der Waals surface area contributed by atoms with Crippen molar-refractivity contribution in [3.05, 3.63) is 35.4 Å². The third kappa shape index (κ3) is 15.7. The molecule has 5 N–H and O–H groups in total. The number of likely N-dealkylation sites (tertiary alicyclic amines) is 2. The molecule has 2 heterocycles. The van der Waals surface area contributed by atoms with Crippen LogP contribution < -0.4 is 21.1 Å². The number of nitrogens with zero attached hydrogens (tertiary/aromatic N) is 4. The molecular formula is C51H84N8O11S. The molecule has 0 spiro atoms. The highest BCUT2D eigenvalue weighted by Crippen LogP contribution is 2.31. The predicted molar refractivity (Wildman–Crippen MR) is 270 cm³/mol. The van der Waals surface area contributed by atoms with Crippen molar-refractivity contribution in [2.75, 3.05) is 55.0 Å². The van der Waals surface area contributed by atoms with Crippen LogP contribution in [0.5, 0.6) is 0 Å². The first-order valence-electron chi connectivity index (χ1n) is 25.5. The fourth-order valence-corrected chi connectivity index (χ4v) is 11.7. The van der Waals surface area contributed by atoms with Gasteiger partial charge in [-0.1, -0.05) is 79.2 Å². The predicted octanol–water partition coefficient (Wildman–Crippen LogP) is 2.24. The van der Waals surface area contributed by atoms with Crippen LogP contribution >= 0.6 is 0 Å². The maximum atomic E-state index is 14.5. The molecule has 4 rings (SSSR count). The fourth-order valence-electron chi connectivity index (χ4n) is 10.3. The molecule has 2 aliphatic heterocycles. The first kappa shape index (κ1) is 58.9. The number of nitrogens with two attached hydrogens (primary N) is 1. The minimum absolute atomic E-state index is 0.00151. The van der Waals surface area contributed by atoms with Crippen LogP contribution in [-0.4, -0.2) is 172 Å². The molecule has 2 saturated heterocycles. The van der Waals surface area contributed by atoms with E-state index in [1.807, 2.05) is 60.5 Å². The van der Waals surface area contributed by atoms with Gasteiger partial charge in [0.15, 0.2) is 0 Å². The minimum atomic E-state index is -3.97. The number of ether oxygens (including phenoxy) is 2. The van der Waals surface area contributed by atoms with Gasteiger partial charge in [-0.05, 0) is 81.5 Å². The number of sulfonamides is 1. The first-order valence-corrected chi connectivity index (χ1v) is 27.0. The molecule has 400 valence electrons. The number of hydrogen-bond donors (Lipinski definition) is 4. The van der Waals surface area contributed by atoms with Gasteiger partial charge >= 0.3 is 0 Å². The van der Waals surface area contributed by atoms with E-state index in [1.54, 1.807) is 52.9 Å². The summed E-state index contributed by atoms with van der Waals surface area (Å²) >= 11 is 0. The molecule has 71 heavy (non-hydrogen) atoms. The van der Waals surface area contributed by atoms with Crippen molar-refractivity contribution >= 4 is 51.4 Å². The molecule has 0 radical (unpaired) electrons. The smallest absolute Gasteiger partial charge is 0.256 e. The number of carbonyl (C=O) groups is 7. The minimum Gasteiger partial charge on any atom is -0.379 e. The Kier molecular flexibility index (Phi) is 21.9. The molecule has 7 amide bonds. The molecule has 3 aliphatic rings. The van der Waals surface area contributed by atoms with Gasteiger partial charge in [0.05, 0.1) is 54.3 Å². The van der Waals surface area contributed by atoms with Crippen molar-refractivity contribution in [3.63, 3.8) is 0 Å². The molecule has 3 fully saturated rings. The van der Waals surface area contributed by atoms with Crippen LogP contribution in [0.4, 0.5) is 0 Å². The highest BCUT2D eigenvalue weighted by atomic mass is 32.2. The summed E-state index contributed by atoms with van der Waals surface area (Å²) in [6.45, 7) is 14.6. The Balaban J connectivity index is 1.49. The van der Waals surface area contributed by atoms with Gasteiger partial charge in [0.2, 0.25) is 45.5 Å². The van der Waals surface area contributed by atoms with E-state index in [0.717, 1.165) is 5.56 Å². The molecule has 1 saturated carbocycles. The van der Waals surface area contributed by atoms with Gasteiger partial charge in [0.1, 0.15) is 12.1 Å². The largest absolute Gasteiger partial charge is 0.379 e. The lowest BCUT2D eigenvalue weighted by atomic mass is 9.89. The summed E-state index contributed by atoms with van der Waals surface area (Å²) < 4.78 is 40.1. The van der Waals surface area contributed by atoms with Gasteiger partial charge in [-0.15, -0.1) is 0 Å². The monoisotopic (exact) mass is 1020 g/mol. The van der Waals surface area contributed by atoms with E-state index in [4.69, 9.17) is 15.2 Å². The van der Waals surface area contributed by atoms with E-state index in [1.165, 1.54) is 14.2 Å². The molecule has 20 heteroatoms. The van der Waals surface area contributed by atoms with Crippen molar-refractivity contribution in [1.29, 1.82) is 0 Å². The SMILES string of the molecule is CC[C@H](C)[C@@H]([C@@H](CC(=O)N1CCC[C@H]1[C@H](OC)[C@@H](C)C(=O)N[C@@H](Cc1ccc(CC(=O)N2CCC(C(N)=O)CC2)cc1)C(=O)NS(=O)(=O)C1CC1)OC)N(C)C(=O)[C@@H](NC(=O)[C@H](C(C)C)N(C)C)C(C)C. The van der Waals surface area contributed by atoms with Crippen LogP contribution in [0.25, 0.3) is 0 Å². The van der Waals surface area contributed by atoms with Crippen LogP contribution in [0.15, 0.2) is 24.3 Å². The molecular weight excluding hydrogens is 933 g/mol. The van der Waals surface area contributed by atoms with Crippen LogP contribution in [0, 0.1) is 29.6 Å². The molecule has 1 aliphatic carbocycles. The lowest BCUT2D eigenvalue weighted by Crippen LogP contribution is -2.59. The Morgan fingerprint density at radius 2 is 1.38 bits per heavy atom. The third-order valence-corrected chi connectivity index (χ3v) is 16.7. The zero-order chi connectivity index (χ0) is 53.1. The summed E-state index contributed by atoms with van der Waals surface area (Å²) in [7, 11) is 4.36. The maximum Gasteiger partial charge on any atom is 0.256 e. The van der Waals surface area contributed by atoms with Gasteiger partial charge in [0.25, 0.3) is 5.91 Å². The van der Waals surface area contributed by atoms with Crippen molar-refractivity contribution in [1.82, 2.24) is 35.0 Å². The van der Waals surface area contributed by atoms with Crippen molar-refractivity contribution < 1.29 is 51.5 Å². The molecule has 19 nitrogen and oxygen atoms in total. The van der Waals surface area contributed by atoms with Crippen LogP contribution in [0.3, 0.4) is 0 Å². The zero-order valence-corrected chi connectivity index (χ0v) is 45.1. The van der Waals surface area contributed by atoms with Gasteiger partial charge in [-0.25, -0.2) is 8.42 Å². The summed E-state index contributed by atoms with van der Waals surface area (Å²) in [5.74, 6) is -4.17. The van der Waals surface area contributed by atoms with Crippen molar-refractivity contribution in [2.24, 2.45) is 35.3 Å². The number of methoxy groups -OCH3 is 2. The number of primary amides is 1. The van der Waals surface area contributed by atoms with E-state index >= 15 is 0 Å². The van der Waals surface area contributed by atoms with Crippen LogP contribution in [0.1, 0.15) is 111 Å². The summed E-state index contributed by atoms with van der Waals surface area (Å²) in [4.78, 5) is 102. The van der Waals surface area contributed by atoms with E-state index in [-0.39, 0.29) is 72.5 Å². The Hall–Kier alpha value is -4.66. The number of piperidine rings is 1. The number of amides is 7. The number of carbonyl (C=O) groups excluding carboxylic acids is 7. The Morgan fingerprint density at radius 3 is 1.89 bits per heavy atom. The maximum absolute atomic E-state index is 14.5. The third-order valence-electron chi connectivity index (χ3n) is 14.9. The second-order valence-corrected chi connectivity index (χ2v) is 23.0. The lowest BCUT2D eigenvalue weighted by molar-refractivity contribution is -0.148. The van der Waals surface area contributed by atoms with Gasteiger partial charge < -0.3 is 40.5 Å². The molecule has 1 aromatic carbocycles. The van der Waals surface area contributed by atoms with E-state index in [0.29, 0.717) is 70.1 Å². The zero-order valence-electron chi connectivity index (χ0n) is 44.3. The summed E-state index contributed by atoms with van der Waals surface area (Å²) in [5.41, 5.74) is 6.78. The second kappa shape index (κ2) is 26.3. The number of benzene rings is 1. The number of likely N-dealkylation sites (N-methyl/N-ethyl adjacent to an activating group) is 2. The van der Waals surface area contributed by atoms with E-state index < -0.39 is 75.4 Å². The van der Waals surface area contributed by atoms with E-state index in [2.05, 4.69) is 15.4 Å². The van der Waals surface area contributed by atoms with Gasteiger partial charge in [-0.2, -0.15) is 0 Å². The summed E-state index contributed by atoms with van der Waals surface area (Å²) in [6.07, 6.45) is 2.17. The quantitative estimate of drug-likeness (QED) is 0.104. The Morgan fingerprint density at radius 1 is 0.775 bits per heavy atom. The molecule has 0 aromatic heterocycles. The Bertz CT molecular complexity index is 2100. The topological polar surface area (TPSA) is 247 Å². The molecule has 9 atom stereocenters. The Labute approximate surface area is 422 Å². The standard InChI is InChI=1S/C51H84N8O11S/c1-13-32(6)45(57(10)51(66)43(30(2)3)54-50(65)44(31(4)5)56(8)9)40(69-11)29-42(61)59-24-14-15-39(59)46(70-12)33(7)48(63)53-38(49(64)55-71(67,68)37-20-21-37)27-34-16-18-35(19-17-34)28-41(60)58-25-22-36(23-26-58)47(52)62/h16-19,30-33,36-40,43-46H,13-15,20-29H2,1-12H3,(H2,52,62)(H,53,63)(H,54,65)(H,55,64)/t32-,33+,38-,39-,40+,43-,44-,45-,46+/m0/s1. The average Bonchev–Trinajstić information content (AvgIpc) is 4.08. The van der Waals surface area contributed by atoms with Gasteiger partial charge in [0, 0.05) is 53.2 Å². The molecule has 0 unspecified atom stereocenters. The summed E-state index contributed by atoms with van der Waals surface area (Å²) in [5, 5.41) is 5.13. The van der Waals surface area contributed by atoms with Crippen molar-refractivity contribution in [2.45, 2.75) is 160 Å². The van der Waals surface area contributed by atoms with E-state index in [9.17, 15) is 42.0 Å². The number of rotatable bonds is 26. The van der Waals surface area contributed by atoms with Crippen LogP contribution in [0.2, 0.25) is 0 Å². The first-order chi connectivity index (χ1) is 33.4. The molecule has 1 aromatic rings. The van der Waals surface area contributed by atoms with Gasteiger partial charge in [-0.3, -0.25) is 43.2 Å². The normalized spacial score (nSPS) is 20.1. The summed E-state index contributed by atoms with van der Waals surface area (Å²) in [6, 6.07) is 3.32. The highest BCUT2D eigenvalue weighted by Gasteiger charge is 2.44. The molecule has 0 bridgehead atoms. The van der Waals surface area contributed by atoms with Crippen molar-refractivity contribution in [3.8, 4) is 0 Å². The second-order valence-electron chi connectivity index (χ2n) is 21.0. The fraction of sp³-hybridized carbons (Fsp3) is 0.745. The highest BCUT2D eigenvalue weighted by molar-refractivity contribution is 7.90. The average molecular weight is 1020 g/mol. The van der Waals surface area contributed by atoms with Crippen LogP contribution in [-0.2, 0) is 65.9 Å².